The SMILES string of the molecule is CCCNC1CCC(C)(C)CC1Sc1cc(Cl)ccc1Cl. The lowest BCUT2D eigenvalue weighted by molar-refractivity contribution is 0.214. The minimum absolute atomic E-state index is 0.410. The number of nitrogens with one attached hydrogen (secondary N) is 1. The molecule has 21 heavy (non-hydrogen) atoms. The minimum atomic E-state index is 0.410. The van der Waals surface area contributed by atoms with Crippen molar-refractivity contribution >= 4 is 35.0 Å². The standard InChI is InChI=1S/C17H25Cl2NS/c1-4-9-20-14-7-8-17(2,3)11-16(14)21-15-10-12(18)5-6-13(15)19/h5-6,10,14,16,20H,4,7-9,11H2,1-3H3. The van der Waals surface area contributed by atoms with E-state index in [4.69, 9.17) is 23.2 Å². The fraction of sp³-hybridized carbons (Fsp3) is 0.647. The molecule has 1 fully saturated rings. The predicted octanol–water partition coefficient (Wildman–Crippen LogP) is 6.03. The van der Waals surface area contributed by atoms with E-state index in [1.54, 1.807) is 0 Å². The predicted molar refractivity (Wildman–Crippen MR) is 95.8 cm³/mol. The molecule has 0 aliphatic heterocycles. The fourth-order valence-electron chi connectivity index (χ4n) is 2.94. The molecule has 4 heteroatoms. The maximum Gasteiger partial charge on any atom is 0.0543 e. The van der Waals surface area contributed by atoms with Crippen LogP contribution in [0.4, 0.5) is 0 Å². The molecule has 2 atom stereocenters. The van der Waals surface area contributed by atoms with Crippen molar-refractivity contribution in [3.8, 4) is 0 Å². The first kappa shape index (κ1) is 17.5. The molecule has 1 aromatic rings. The van der Waals surface area contributed by atoms with E-state index in [9.17, 15) is 0 Å². The van der Waals surface area contributed by atoms with E-state index in [1.165, 1.54) is 25.7 Å². The molecule has 0 spiro atoms. The Balaban J connectivity index is 2.13. The van der Waals surface area contributed by atoms with Crippen LogP contribution in [-0.2, 0) is 0 Å². The summed E-state index contributed by atoms with van der Waals surface area (Å²) in [5.74, 6) is 0. The van der Waals surface area contributed by atoms with Crippen LogP contribution in [0, 0.1) is 5.41 Å². The van der Waals surface area contributed by atoms with Gasteiger partial charge in [-0.05, 0) is 55.8 Å². The monoisotopic (exact) mass is 345 g/mol. The molecule has 2 rings (SSSR count). The van der Waals surface area contributed by atoms with E-state index in [0.29, 0.717) is 16.7 Å². The van der Waals surface area contributed by atoms with Crippen LogP contribution in [-0.4, -0.2) is 17.8 Å². The van der Waals surface area contributed by atoms with Crippen molar-refractivity contribution in [2.24, 2.45) is 5.41 Å². The Labute approximate surface area is 143 Å². The van der Waals surface area contributed by atoms with Gasteiger partial charge in [0.05, 0.1) is 5.02 Å². The summed E-state index contributed by atoms with van der Waals surface area (Å²) in [5, 5.41) is 5.84. The van der Waals surface area contributed by atoms with Gasteiger partial charge in [-0.2, -0.15) is 0 Å². The van der Waals surface area contributed by atoms with Gasteiger partial charge in [0.15, 0.2) is 0 Å². The molecule has 118 valence electrons. The first-order valence-corrected chi connectivity index (χ1v) is 9.40. The topological polar surface area (TPSA) is 12.0 Å². The molecule has 0 bridgehead atoms. The lowest BCUT2D eigenvalue weighted by Gasteiger charge is -2.41. The maximum absolute atomic E-state index is 6.34. The molecular weight excluding hydrogens is 321 g/mol. The fourth-order valence-corrected chi connectivity index (χ4v) is 5.06. The van der Waals surface area contributed by atoms with Crippen LogP contribution in [0.1, 0.15) is 46.5 Å². The molecule has 1 aliphatic carbocycles. The number of hydrogen-bond donors (Lipinski definition) is 1. The molecule has 1 saturated carbocycles. The summed E-state index contributed by atoms with van der Waals surface area (Å²) in [6.07, 6.45) is 4.91. The number of halogens is 2. The van der Waals surface area contributed by atoms with E-state index in [1.807, 2.05) is 30.0 Å². The van der Waals surface area contributed by atoms with E-state index in [2.05, 4.69) is 26.1 Å². The van der Waals surface area contributed by atoms with Crippen molar-refractivity contribution in [1.82, 2.24) is 5.32 Å². The Bertz CT molecular complexity index is 476. The van der Waals surface area contributed by atoms with E-state index < -0.39 is 0 Å². The highest BCUT2D eigenvalue weighted by Crippen LogP contribution is 2.44. The van der Waals surface area contributed by atoms with Crippen LogP contribution in [0.3, 0.4) is 0 Å². The van der Waals surface area contributed by atoms with Crippen molar-refractivity contribution < 1.29 is 0 Å². The molecule has 1 aromatic carbocycles. The van der Waals surface area contributed by atoms with E-state index >= 15 is 0 Å². The molecule has 1 nitrogen and oxygen atoms in total. The first-order chi connectivity index (χ1) is 9.91. The summed E-state index contributed by atoms with van der Waals surface area (Å²) >= 11 is 14.3. The number of rotatable bonds is 5. The summed E-state index contributed by atoms with van der Waals surface area (Å²) in [6.45, 7) is 8.05. The van der Waals surface area contributed by atoms with Crippen LogP contribution < -0.4 is 5.32 Å². The van der Waals surface area contributed by atoms with Crippen molar-refractivity contribution in [1.29, 1.82) is 0 Å². The van der Waals surface area contributed by atoms with Crippen LogP contribution in [0.15, 0.2) is 23.1 Å². The third-order valence-corrected chi connectivity index (χ3v) is 6.23. The lowest BCUT2D eigenvalue weighted by atomic mass is 9.75. The highest BCUT2D eigenvalue weighted by molar-refractivity contribution is 8.00. The maximum atomic E-state index is 6.34. The van der Waals surface area contributed by atoms with Gasteiger partial charge in [-0.3, -0.25) is 0 Å². The van der Waals surface area contributed by atoms with Gasteiger partial charge in [0.25, 0.3) is 0 Å². The smallest absolute Gasteiger partial charge is 0.0543 e. The van der Waals surface area contributed by atoms with Gasteiger partial charge in [-0.1, -0.05) is 44.0 Å². The van der Waals surface area contributed by atoms with E-state index in [-0.39, 0.29) is 0 Å². The van der Waals surface area contributed by atoms with Gasteiger partial charge in [0.2, 0.25) is 0 Å². The van der Waals surface area contributed by atoms with Gasteiger partial charge >= 0.3 is 0 Å². The second-order valence-corrected chi connectivity index (χ2v) is 8.82. The zero-order chi connectivity index (χ0) is 15.5. The van der Waals surface area contributed by atoms with Crippen molar-refractivity contribution in [2.45, 2.75) is 62.6 Å². The molecular formula is C17H25Cl2NS. The number of benzene rings is 1. The van der Waals surface area contributed by atoms with Gasteiger partial charge in [-0.25, -0.2) is 0 Å². The van der Waals surface area contributed by atoms with Crippen molar-refractivity contribution in [3.05, 3.63) is 28.2 Å². The Morgan fingerprint density at radius 3 is 2.81 bits per heavy atom. The highest BCUT2D eigenvalue weighted by Gasteiger charge is 2.35. The molecule has 0 amide bonds. The summed E-state index contributed by atoms with van der Waals surface area (Å²) in [6, 6.07) is 6.31. The molecule has 0 heterocycles. The van der Waals surface area contributed by atoms with Gasteiger partial charge in [0, 0.05) is 21.2 Å². The Kier molecular flexibility index (Phi) is 6.31. The zero-order valence-corrected chi connectivity index (χ0v) is 15.4. The largest absolute Gasteiger partial charge is 0.313 e. The highest BCUT2D eigenvalue weighted by atomic mass is 35.5. The third kappa shape index (κ3) is 5.06. The average Bonchev–Trinajstić information content (AvgIpc) is 2.41. The molecule has 1 N–H and O–H groups in total. The number of hydrogen-bond acceptors (Lipinski definition) is 2. The summed E-state index contributed by atoms with van der Waals surface area (Å²) in [4.78, 5) is 1.11. The van der Waals surface area contributed by atoms with Crippen LogP contribution >= 0.6 is 35.0 Å². The second-order valence-electron chi connectivity index (χ2n) is 6.70. The first-order valence-electron chi connectivity index (χ1n) is 7.76. The molecule has 0 saturated heterocycles. The minimum Gasteiger partial charge on any atom is -0.313 e. The van der Waals surface area contributed by atoms with Gasteiger partial charge in [-0.15, -0.1) is 11.8 Å². The molecule has 2 unspecified atom stereocenters. The molecule has 0 radical (unpaired) electrons. The van der Waals surface area contributed by atoms with Crippen molar-refractivity contribution in [3.63, 3.8) is 0 Å². The van der Waals surface area contributed by atoms with Crippen LogP contribution in [0.25, 0.3) is 0 Å². The second kappa shape index (κ2) is 7.59. The molecule has 1 aliphatic rings. The van der Waals surface area contributed by atoms with Gasteiger partial charge < -0.3 is 5.32 Å². The number of thioether (sulfide) groups is 1. The Morgan fingerprint density at radius 2 is 2.10 bits per heavy atom. The summed E-state index contributed by atoms with van der Waals surface area (Å²) in [7, 11) is 0. The quantitative estimate of drug-likeness (QED) is 0.698. The van der Waals surface area contributed by atoms with E-state index in [0.717, 1.165) is 21.5 Å². The van der Waals surface area contributed by atoms with Crippen LogP contribution in [0.5, 0.6) is 0 Å². The molecule has 0 aromatic heterocycles. The summed E-state index contributed by atoms with van der Waals surface area (Å²) in [5.41, 5.74) is 0.410. The van der Waals surface area contributed by atoms with Crippen LogP contribution in [0.2, 0.25) is 10.0 Å². The van der Waals surface area contributed by atoms with Gasteiger partial charge in [0.1, 0.15) is 0 Å². The Hall–Kier alpha value is 0.110. The zero-order valence-electron chi connectivity index (χ0n) is 13.1. The lowest BCUT2D eigenvalue weighted by Crippen LogP contribution is -2.45. The Morgan fingerprint density at radius 1 is 1.33 bits per heavy atom. The average molecular weight is 346 g/mol. The van der Waals surface area contributed by atoms with Crippen molar-refractivity contribution in [2.75, 3.05) is 6.54 Å². The summed E-state index contributed by atoms with van der Waals surface area (Å²) < 4.78 is 0. The third-order valence-electron chi connectivity index (χ3n) is 4.16. The normalized spacial score (nSPS) is 25.0.